The van der Waals surface area contributed by atoms with E-state index in [0.717, 1.165) is 6.07 Å². The third kappa shape index (κ3) is 4.57. The molecule has 1 unspecified atom stereocenters. The SMILES string of the molecule is Cc1noc(C(C)OC(=O)c2ccccc2NS(=O)(=O)c2cc(F)ccc2F)n1. The van der Waals surface area contributed by atoms with E-state index < -0.39 is 38.6 Å². The maximum absolute atomic E-state index is 13.9. The molecule has 8 nitrogen and oxygen atoms in total. The molecule has 1 heterocycles. The first-order valence-corrected chi connectivity index (χ1v) is 9.74. The average Bonchev–Trinajstić information content (AvgIpc) is 3.10. The molecule has 0 saturated heterocycles. The van der Waals surface area contributed by atoms with Gasteiger partial charge in [0, 0.05) is 0 Å². The van der Waals surface area contributed by atoms with Gasteiger partial charge in [-0.15, -0.1) is 0 Å². The molecule has 0 spiro atoms. The average molecular weight is 423 g/mol. The Bertz CT molecular complexity index is 1160. The summed E-state index contributed by atoms with van der Waals surface area (Å²) in [5, 5.41) is 3.60. The summed E-state index contributed by atoms with van der Waals surface area (Å²) in [5.74, 6) is -2.53. The monoisotopic (exact) mass is 423 g/mol. The molecule has 0 fully saturated rings. The van der Waals surface area contributed by atoms with Crippen LogP contribution in [0, 0.1) is 18.6 Å². The largest absolute Gasteiger partial charge is 0.449 e. The van der Waals surface area contributed by atoms with Crippen molar-refractivity contribution in [1.29, 1.82) is 0 Å². The summed E-state index contributed by atoms with van der Waals surface area (Å²) >= 11 is 0. The number of aromatic nitrogens is 2. The summed E-state index contributed by atoms with van der Waals surface area (Å²) in [6.07, 6.45) is -0.894. The predicted octanol–water partition coefficient (Wildman–Crippen LogP) is 3.38. The van der Waals surface area contributed by atoms with Gasteiger partial charge in [0.1, 0.15) is 16.5 Å². The van der Waals surface area contributed by atoms with Gasteiger partial charge in [-0.2, -0.15) is 4.98 Å². The summed E-state index contributed by atoms with van der Waals surface area (Å²) in [6, 6.07) is 7.57. The van der Waals surface area contributed by atoms with Gasteiger partial charge in [0.15, 0.2) is 11.9 Å². The minimum atomic E-state index is -4.51. The maximum atomic E-state index is 13.9. The number of halogens is 2. The molecule has 11 heteroatoms. The van der Waals surface area contributed by atoms with E-state index in [9.17, 15) is 22.0 Å². The van der Waals surface area contributed by atoms with Crippen LogP contribution in [0.15, 0.2) is 51.9 Å². The number of nitrogens with one attached hydrogen (secondary N) is 1. The fourth-order valence-corrected chi connectivity index (χ4v) is 3.56. The van der Waals surface area contributed by atoms with Crippen LogP contribution in [0.2, 0.25) is 0 Å². The van der Waals surface area contributed by atoms with Crippen molar-refractivity contribution in [1.82, 2.24) is 10.1 Å². The standard InChI is InChI=1S/C18H15F2N3O5S/c1-10(17-21-11(2)22-28-17)27-18(24)13-5-3-4-6-15(13)23-29(25,26)16-9-12(19)7-8-14(16)20/h3-10,23H,1-2H3. The molecule has 1 atom stereocenters. The molecule has 1 aromatic heterocycles. The lowest BCUT2D eigenvalue weighted by Gasteiger charge is -2.14. The molecule has 152 valence electrons. The summed E-state index contributed by atoms with van der Waals surface area (Å²) in [7, 11) is -4.51. The number of benzene rings is 2. The Kier molecular flexibility index (Phi) is 5.59. The fraction of sp³-hybridized carbons (Fsp3) is 0.167. The van der Waals surface area contributed by atoms with Crippen LogP contribution >= 0.6 is 0 Å². The number of aryl methyl sites for hydroxylation is 1. The van der Waals surface area contributed by atoms with E-state index >= 15 is 0 Å². The number of carbonyl (C=O) groups excluding carboxylic acids is 1. The predicted molar refractivity (Wildman–Crippen MR) is 96.5 cm³/mol. The normalized spacial score (nSPS) is 12.4. The van der Waals surface area contributed by atoms with E-state index in [4.69, 9.17) is 9.26 Å². The first-order chi connectivity index (χ1) is 13.7. The Labute approximate surface area is 164 Å². The van der Waals surface area contributed by atoms with Crippen molar-refractivity contribution in [2.75, 3.05) is 4.72 Å². The third-order valence-electron chi connectivity index (χ3n) is 3.75. The molecule has 3 rings (SSSR count). The van der Waals surface area contributed by atoms with Crippen LogP contribution in [-0.4, -0.2) is 24.5 Å². The Morgan fingerprint density at radius 3 is 2.62 bits per heavy atom. The summed E-state index contributed by atoms with van der Waals surface area (Å²) < 4.78 is 64.5. The number of hydrogen-bond donors (Lipinski definition) is 1. The van der Waals surface area contributed by atoms with Gasteiger partial charge in [0.05, 0.1) is 11.3 Å². The van der Waals surface area contributed by atoms with Crippen LogP contribution < -0.4 is 4.72 Å². The van der Waals surface area contributed by atoms with Crippen molar-refractivity contribution in [2.45, 2.75) is 24.8 Å². The van der Waals surface area contributed by atoms with E-state index in [2.05, 4.69) is 14.9 Å². The van der Waals surface area contributed by atoms with Gasteiger partial charge < -0.3 is 9.26 Å². The van der Waals surface area contributed by atoms with Crippen molar-refractivity contribution < 1.29 is 31.3 Å². The first-order valence-electron chi connectivity index (χ1n) is 8.25. The van der Waals surface area contributed by atoms with Crippen LogP contribution in [0.25, 0.3) is 0 Å². The molecule has 0 radical (unpaired) electrons. The molecule has 0 saturated carbocycles. The highest BCUT2D eigenvalue weighted by atomic mass is 32.2. The number of para-hydroxylation sites is 1. The van der Waals surface area contributed by atoms with Crippen LogP contribution in [-0.2, 0) is 14.8 Å². The van der Waals surface area contributed by atoms with Gasteiger partial charge in [0.25, 0.3) is 15.9 Å². The quantitative estimate of drug-likeness (QED) is 0.605. The van der Waals surface area contributed by atoms with Gasteiger partial charge in [-0.3, -0.25) is 4.72 Å². The molecule has 0 aliphatic carbocycles. The number of ether oxygens (including phenoxy) is 1. The lowest BCUT2D eigenvalue weighted by Crippen LogP contribution is -2.18. The van der Waals surface area contributed by atoms with Gasteiger partial charge in [-0.05, 0) is 44.2 Å². The number of hydrogen-bond acceptors (Lipinski definition) is 7. The third-order valence-corrected chi connectivity index (χ3v) is 5.13. The van der Waals surface area contributed by atoms with Gasteiger partial charge in [-0.25, -0.2) is 22.0 Å². The van der Waals surface area contributed by atoms with Crippen molar-refractivity contribution >= 4 is 21.7 Å². The molecule has 2 aromatic carbocycles. The zero-order valence-corrected chi connectivity index (χ0v) is 16.0. The lowest BCUT2D eigenvalue weighted by atomic mass is 10.2. The summed E-state index contributed by atoms with van der Waals surface area (Å²) in [6.45, 7) is 3.09. The number of nitrogens with zero attached hydrogens (tertiary/aromatic N) is 2. The molecule has 1 N–H and O–H groups in total. The summed E-state index contributed by atoms with van der Waals surface area (Å²) in [4.78, 5) is 15.6. The van der Waals surface area contributed by atoms with E-state index in [1.807, 2.05) is 0 Å². The smallest absolute Gasteiger partial charge is 0.341 e. The number of sulfonamides is 1. The molecule has 29 heavy (non-hydrogen) atoms. The molecule has 0 amide bonds. The van der Waals surface area contributed by atoms with E-state index in [-0.39, 0.29) is 17.1 Å². The van der Waals surface area contributed by atoms with Crippen molar-refractivity contribution in [3.05, 3.63) is 71.4 Å². The van der Waals surface area contributed by atoms with Crippen LogP contribution in [0.1, 0.15) is 35.1 Å². The fourth-order valence-electron chi connectivity index (χ4n) is 2.39. The number of anilines is 1. The van der Waals surface area contributed by atoms with E-state index in [1.165, 1.54) is 31.2 Å². The van der Waals surface area contributed by atoms with Crippen LogP contribution in [0.4, 0.5) is 14.5 Å². The Morgan fingerprint density at radius 1 is 1.21 bits per heavy atom. The molecule has 0 bridgehead atoms. The number of esters is 1. The Morgan fingerprint density at radius 2 is 1.93 bits per heavy atom. The van der Waals surface area contributed by atoms with Crippen molar-refractivity contribution in [3.63, 3.8) is 0 Å². The van der Waals surface area contributed by atoms with Crippen LogP contribution in [0.3, 0.4) is 0 Å². The topological polar surface area (TPSA) is 111 Å². The molecule has 0 aliphatic heterocycles. The molecule has 0 aliphatic rings. The Balaban J connectivity index is 1.87. The van der Waals surface area contributed by atoms with Gasteiger partial charge >= 0.3 is 5.97 Å². The zero-order chi connectivity index (χ0) is 21.2. The highest BCUT2D eigenvalue weighted by Crippen LogP contribution is 2.25. The first kappa shape index (κ1) is 20.4. The van der Waals surface area contributed by atoms with Gasteiger partial charge in [0.2, 0.25) is 0 Å². The molecular weight excluding hydrogens is 408 g/mol. The van der Waals surface area contributed by atoms with Crippen LogP contribution in [0.5, 0.6) is 0 Å². The highest BCUT2D eigenvalue weighted by Gasteiger charge is 2.25. The zero-order valence-electron chi connectivity index (χ0n) is 15.2. The maximum Gasteiger partial charge on any atom is 0.341 e. The van der Waals surface area contributed by atoms with Gasteiger partial charge in [-0.1, -0.05) is 17.3 Å². The molecule has 3 aromatic rings. The number of rotatable bonds is 6. The van der Waals surface area contributed by atoms with Crippen molar-refractivity contribution in [2.24, 2.45) is 0 Å². The van der Waals surface area contributed by atoms with E-state index in [0.29, 0.717) is 18.0 Å². The minimum Gasteiger partial charge on any atom is -0.449 e. The second-order valence-electron chi connectivity index (χ2n) is 5.95. The van der Waals surface area contributed by atoms with E-state index in [1.54, 1.807) is 6.92 Å². The lowest BCUT2D eigenvalue weighted by molar-refractivity contribution is 0.0266. The highest BCUT2D eigenvalue weighted by molar-refractivity contribution is 7.92. The van der Waals surface area contributed by atoms with Crippen molar-refractivity contribution in [3.8, 4) is 0 Å². The summed E-state index contributed by atoms with van der Waals surface area (Å²) in [5.41, 5.74) is -0.314. The second kappa shape index (κ2) is 7.95. The minimum absolute atomic E-state index is 0.0655. The Hall–Kier alpha value is -3.34. The second-order valence-corrected chi connectivity index (χ2v) is 7.60. The molecular formula is C18H15F2N3O5S. The number of carbonyl (C=O) groups is 1.